The van der Waals surface area contributed by atoms with Gasteiger partial charge in [0.2, 0.25) is 5.91 Å². The van der Waals surface area contributed by atoms with Crippen molar-refractivity contribution >= 4 is 31.5 Å². The van der Waals surface area contributed by atoms with Crippen molar-refractivity contribution in [2.24, 2.45) is 0 Å². The number of rotatable bonds is 10. The first kappa shape index (κ1) is 24.0. The zero-order valence-electron chi connectivity index (χ0n) is 18.2. The lowest BCUT2D eigenvalue weighted by molar-refractivity contribution is -0.117. The molecule has 6 nitrogen and oxygen atoms in total. The smallest absolute Gasteiger partial charge is 0.325 e. The van der Waals surface area contributed by atoms with E-state index < -0.39 is 13.8 Å². The van der Waals surface area contributed by atoms with Crippen LogP contribution in [0.2, 0.25) is 0 Å². The molecule has 2 rings (SSSR count). The van der Waals surface area contributed by atoms with Gasteiger partial charge in [-0.1, -0.05) is 54.6 Å². The van der Waals surface area contributed by atoms with E-state index in [1.165, 1.54) is 0 Å². The van der Waals surface area contributed by atoms with Crippen LogP contribution in [0.5, 0.6) is 0 Å². The summed E-state index contributed by atoms with van der Waals surface area (Å²) in [5.41, 5.74) is 2.78. The van der Waals surface area contributed by atoms with E-state index >= 15 is 0 Å². The second-order valence-corrected chi connectivity index (χ2v) is 9.19. The molecule has 0 saturated heterocycles. The molecule has 0 saturated carbocycles. The fraction of sp³-hybridized carbons (Fsp3) is 0.348. The highest BCUT2D eigenvalue weighted by Crippen LogP contribution is 2.46. The molecule has 2 aromatic carbocycles. The van der Waals surface area contributed by atoms with Crippen LogP contribution in [0.15, 0.2) is 54.6 Å². The van der Waals surface area contributed by atoms with Gasteiger partial charge >= 0.3 is 7.75 Å². The van der Waals surface area contributed by atoms with Crippen LogP contribution in [0.25, 0.3) is 12.2 Å². The highest BCUT2D eigenvalue weighted by Gasteiger charge is 2.32. The van der Waals surface area contributed by atoms with Gasteiger partial charge in [0, 0.05) is 5.69 Å². The molecule has 0 unspecified atom stereocenters. The van der Waals surface area contributed by atoms with Crippen LogP contribution in [0.4, 0.5) is 5.69 Å². The molecule has 0 fully saturated rings. The maximum atomic E-state index is 12.9. The molecule has 0 aliphatic carbocycles. The van der Waals surface area contributed by atoms with Gasteiger partial charge in [-0.3, -0.25) is 13.8 Å². The molecule has 162 valence electrons. The number of carbonyl (C=O) groups is 1. The van der Waals surface area contributed by atoms with Crippen molar-refractivity contribution in [3.8, 4) is 0 Å². The number of nitrogens with one attached hydrogen (secondary N) is 2. The van der Waals surface area contributed by atoms with Crippen molar-refractivity contribution in [2.75, 3.05) is 5.32 Å². The van der Waals surface area contributed by atoms with E-state index in [1.807, 2.05) is 66.7 Å². The highest BCUT2D eigenvalue weighted by atomic mass is 31.2. The van der Waals surface area contributed by atoms with Crippen LogP contribution < -0.4 is 10.4 Å². The second-order valence-electron chi connectivity index (χ2n) is 7.51. The molecule has 0 bridgehead atoms. The Hall–Kier alpha value is -2.24. The third-order valence-electron chi connectivity index (χ3n) is 3.89. The maximum Gasteiger partial charge on any atom is 0.406 e. The first-order valence-corrected chi connectivity index (χ1v) is 11.6. The molecule has 0 aliphatic heterocycles. The normalized spacial score (nSPS) is 13.2. The summed E-state index contributed by atoms with van der Waals surface area (Å²) in [4.78, 5) is 12.5. The van der Waals surface area contributed by atoms with E-state index in [9.17, 15) is 9.36 Å². The van der Waals surface area contributed by atoms with Crippen LogP contribution in [0.1, 0.15) is 45.7 Å². The van der Waals surface area contributed by atoms with E-state index in [2.05, 4.69) is 10.4 Å². The van der Waals surface area contributed by atoms with Gasteiger partial charge in [-0.2, -0.15) is 0 Å². The lowest BCUT2D eigenvalue weighted by atomic mass is 10.1. The Kier molecular flexibility index (Phi) is 9.00. The van der Waals surface area contributed by atoms with E-state index in [-0.39, 0.29) is 18.1 Å². The van der Waals surface area contributed by atoms with Crippen molar-refractivity contribution in [1.82, 2.24) is 5.09 Å². The van der Waals surface area contributed by atoms with Gasteiger partial charge in [0.25, 0.3) is 0 Å². The molecule has 1 atom stereocenters. The second kappa shape index (κ2) is 11.2. The molecule has 0 aliphatic rings. The standard InChI is InChI=1S/C23H31N2O4P/c1-17(2)28-30(27,29-18(3)4)25-19(5)23(26)24-22-15-13-21(14-16-22)12-11-20-9-7-6-8-10-20/h6-19H,1-5H3,(H,24,26)(H,25,27)/b12-11+/t19-/m0/s1. The summed E-state index contributed by atoms with van der Waals surface area (Å²) in [6, 6.07) is 16.7. The lowest BCUT2D eigenvalue weighted by Crippen LogP contribution is -2.37. The Labute approximate surface area is 179 Å². The summed E-state index contributed by atoms with van der Waals surface area (Å²) in [6.45, 7) is 8.66. The largest absolute Gasteiger partial charge is 0.406 e. The average Bonchev–Trinajstić information content (AvgIpc) is 2.66. The Morgan fingerprint density at radius 2 is 1.33 bits per heavy atom. The van der Waals surface area contributed by atoms with Crippen molar-refractivity contribution < 1.29 is 18.4 Å². The lowest BCUT2D eigenvalue weighted by Gasteiger charge is -2.25. The third-order valence-corrected chi connectivity index (χ3v) is 5.99. The van der Waals surface area contributed by atoms with Gasteiger partial charge in [0.1, 0.15) is 0 Å². The van der Waals surface area contributed by atoms with Gasteiger partial charge in [-0.15, -0.1) is 0 Å². The third kappa shape index (κ3) is 8.25. The molecule has 0 radical (unpaired) electrons. The maximum absolute atomic E-state index is 12.9. The van der Waals surface area contributed by atoms with E-state index in [0.717, 1.165) is 11.1 Å². The fourth-order valence-electron chi connectivity index (χ4n) is 2.62. The number of anilines is 1. The summed E-state index contributed by atoms with van der Waals surface area (Å²) < 4.78 is 23.8. The molecule has 30 heavy (non-hydrogen) atoms. The summed E-state index contributed by atoms with van der Waals surface area (Å²) in [6.07, 6.45) is 3.41. The molecule has 0 aromatic heterocycles. The van der Waals surface area contributed by atoms with Gasteiger partial charge in [-0.25, -0.2) is 9.65 Å². The number of hydrogen-bond donors (Lipinski definition) is 2. The Balaban J connectivity index is 1.97. The predicted molar refractivity (Wildman–Crippen MR) is 123 cm³/mol. The van der Waals surface area contributed by atoms with Crippen LogP contribution in [0.3, 0.4) is 0 Å². The summed E-state index contributed by atoms with van der Waals surface area (Å²) in [7, 11) is -3.61. The molecule has 1 amide bonds. The number of carbonyl (C=O) groups excluding carboxylic acids is 1. The van der Waals surface area contributed by atoms with E-state index in [0.29, 0.717) is 5.69 Å². The molecular formula is C23H31N2O4P. The van der Waals surface area contributed by atoms with Crippen LogP contribution in [0, 0.1) is 0 Å². The molecule has 7 heteroatoms. The fourth-order valence-corrected chi connectivity index (χ4v) is 4.49. The van der Waals surface area contributed by atoms with Crippen LogP contribution >= 0.6 is 7.75 Å². The van der Waals surface area contributed by atoms with Gasteiger partial charge in [-0.05, 0) is 57.9 Å². The summed E-state index contributed by atoms with van der Waals surface area (Å²) in [5.74, 6) is -0.331. The SMILES string of the molecule is CC(C)OP(=O)(N[C@@H](C)C(=O)Nc1ccc(/C=C/c2ccccc2)cc1)OC(C)C. The van der Waals surface area contributed by atoms with Crippen molar-refractivity contribution in [3.63, 3.8) is 0 Å². The van der Waals surface area contributed by atoms with Gasteiger partial charge in [0.05, 0.1) is 18.2 Å². The number of amides is 1. The van der Waals surface area contributed by atoms with E-state index in [4.69, 9.17) is 9.05 Å². The average molecular weight is 430 g/mol. The van der Waals surface area contributed by atoms with Crippen LogP contribution in [-0.2, 0) is 18.4 Å². The van der Waals surface area contributed by atoms with Crippen molar-refractivity contribution in [3.05, 3.63) is 65.7 Å². The summed E-state index contributed by atoms with van der Waals surface area (Å²) >= 11 is 0. The minimum absolute atomic E-state index is 0.311. The first-order valence-electron chi connectivity index (χ1n) is 10.1. The number of benzene rings is 2. The zero-order valence-corrected chi connectivity index (χ0v) is 19.1. The predicted octanol–water partition coefficient (Wildman–Crippen LogP) is 5.73. The Morgan fingerprint density at radius 3 is 1.83 bits per heavy atom. The van der Waals surface area contributed by atoms with Crippen LogP contribution in [-0.4, -0.2) is 24.2 Å². The Morgan fingerprint density at radius 1 is 0.833 bits per heavy atom. The molecule has 0 heterocycles. The first-order chi connectivity index (χ1) is 14.2. The molecule has 2 N–H and O–H groups in total. The zero-order chi connectivity index (χ0) is 22.1. The number of hydrogen-bond acceptors (Lipinski definition) is 4. The monoisotopic (exact) mass is 430 g/mol. The van der Waals surface area contributed by atoms with E-state index in [1.54, 1.807) is 34.6 Å². The topological polar surface area (TPSA) is 76.7 Å². The minimum Gasteiger partial charge on any atom is -0.325 e. The van der Waals surface area contributed by atoms with Gasteiger partial charge < -0.3 is 5.32 Å². The summed E-state index contributed by atoms with van der Waals surface area (Å²) in [5, 5.41) is 5.53. The molecule has 0 spiro atoms. The van der Waals surface area contributed by atoms with Crippen molar-refractivity contribution in [2.45, 2.75) is 52.9 Å². The quantitative estimate of drug-likeness (QED) is 0.372. The van der Waals surface area contributed by atoms with Gasteiger partial charge in [0.15, 0.2) is 0 Å². The highest BCUT2D eigenvalue weighted by molar-refractivity contribution is 7.51. The molecule has 2 aromatic rings. The molecular weight excluding hydrogens is 399 g/mol. The minimum atomic E-state index is -3.61. The van der Waals surface area contributed by atoms with Crippen molar-refractivity contribution in [1.29, 1.82) is 0 Å². The Bertz CT molecular complexity index is 866.